The van der Waals surface area contributed by atoms with Crippen LogP contribution in [-0.4, -0.2) is 42.5 Å². The number of nitrogens with zero attached hydrogens (tertiary/aromatic N) is 2. The Morgan fingerprint density at radius 3 is 2.89 bits per heavy atom. The van der Waals surface area contributed by atoms with Gasteiger partial charge in [-0.2, -0.15) is 0 Å². The summed E-state index contributed by atoms with van der Waals surface area (Å²) in [4.78, 5) is 5.93. The number of rotatable bonds is 4. The van der Waals surface area contributed by atoms with Crippen molar-refractivity contribution in [3.8, 4) is 0 Å². The zero-order valence-corrected chi connectivity index (χ0v) is 12.6. The van der Waals surface area contributed by atoms with Crippen molar-refractivity contribution < 1.29 is 9.84 Å². The van der Waals surface area contributed by atoms with Gasteiger partial charge in [0.1, 0.15) is 5.15 Å². The first-order valence-corrected chi connectivity index (χ1v) is 7.08. The summed E-state index contributed by atoms with van der Waals surface area (Å²) in [5.74, 6) is 0. The highest BCUT2D eigenvalue weighted by Gasteiger charge is 2.26. The van der Waals surface area contributed by atoms with Gasteiger partial charge in [0, 0.05) is 20.2 Å². The average Bonchev–Trinajstić information content (AvgIpc) is 2.80. The number of aliphatic hydroxyl groups excluding tert-OH is 1. The van der Waals surface area contributed by atoms with E-state index in [-0.39, 0.29) is 6.10 Å². The number of pyridine rings is 1. The van der Waals surface area contributed by atoms with Crippen LogP contribution >= 0.6 is 23.2 Å². The van der Waals surface area contributed by atoms with E-state index < -0.39 is 6.10 Å². The van der Waals surface area contributed by atoms with Crippen LogP contribution in [0.1, 0.15) is 18.4 Å². The second-order valence-electron chi connectivity index (χ2n) is 4.90. The number of likely N-dealkylation sites (N-methyl/N-ethyl adjacent to an activating group) is 1. The maximum atomic E-state index is 10.2. The summed E-state index contributed by atoms with van der Waals surface area (Å²) in [6, 6.07) is 1.76. The Kier molecular flexibility index (Phi) is 4.90. The van der Waals surface area contributed by atoms with E-state index in [4.69, 9.17) is 27.9 Å². The number of hydrogen-bond donors (Lipinski definition) is 1. The number of halogens is 2. The molecule has 1 aliphatic heterocycles. The van der Waals surface area contributed by atoms with Crippen molar-refractivity contribution in [3.05, 3.63) is 21.9 Å². The first kappa shape index (κ1) is 14.9. The average molecular weight is 305 g/mol. The molecule has 4 nitrogen and oxygen atoms in total. The molecule has 2 unspecified atom stereocenters. The zero-order chi connectivity index (χ0) is 14.0. The molecule has 19 heavy (non-hydrogen) atoms. The molecule has 0 aliphatic carbocycles. The molecule has 0 saturated carbocycles. The van der Waals surface area contributed by atoms with E-state index in [2.05, 4.69) is 4.98 Å². The summed E-state index contributed by atoms with van der Waals surface area (Å²) >= 11 is 12.0. The van der Waals surface area contributed by atoms with E-state index in [0.29, 0.717) is 16.9 Å². The number of aromatic nitrogens is 1. The second-order valence-corrected chi connectivity index (χ2v) is 5.65. The highest BCUT2D eigenvalue weighted by molar-refractivity contribution is 6.34. The van der Waals surface area contributed by atoms with Crippen molar-refractivity contribution in [1.29, 1.82) is 0 Å². The molecule has 106 valence electrons. The molecule has 2 rings (SSSR count). The van der Waals surface area contributed by atoms with E-state index >= 15 is 0 Å². The summed E-state index contributed by atoms with van der Waals surface area (Å²) < 4.78 is 5.48. The van der Waals surface area contributed by atoms with E-state index in [1.807, 2.05) is 18.9 Å². The van der Waals surface area contributed by atoms with Gasteiger partial charge in [-0.15, -0.1) is 0 Å². The Bertz CT molecular complexity index is 427. The van der Waals surface area contributed by atoms with Crippen LogP contribution in [0.2, 0.25) is 10.3 Å². The summed E-state index contributed by atoms with van der Waals surface area (Å²) in [5.41, 5.74) is 1.73. The maximum Gasteiger partial charge on any atom is 0.154 e. The quantitative estimate of drug-likeness (QED) is 0.869. The van der Waals surface area contributed by atoms with Gasteiger partial charge in [-0.05, 0) is 31.4 Å². The van der Waals surface area contributed by atoms with E-state index in [1.165, 1.54) is 0 Å². The summed E-state index contributed by atoms with van der Waals surface area (Å²) in [6.45, 7) is 3.10. The zero-order valence-electron chi connectivity index (χ0n) is 11.1. The normalized spacial score (nSPS) is 20.6. The van der Waals surface area contributed by atoms with E-state index in [0.717, 1.165) is 30.7 Å². The second kappa shape index (κ2) is 6.27. The van der Waals surface area contributed by atoms with Gasteiger partial charge in [0.25, 0.3) is 0 Å². The number of hydrogen-bond acceptors (Lipinski definition) is 4. The lowest BCUT2D eigenvalue weighted by molar-refractivity contribution is 0.00318. The smallest absolute Gasteiger partial charge is 0.154 e. The molecule has 1 aromatic rings. The molecule has 0 bridgehead atoms. The van der Waals surface area contributed by atoms with Crippen molar-refractivity contribution in [2.24, 2.45) is 0 Å². The van der Waals surface area contributed by atoms with Crippen LogP contribution in [0.5, 0.6) is 0 Å². The predicted octanol–water partition coefficient (Wildman–Crippen LogP) is 2.67. The monoisotopic (exact) mass is 304 g/mol. The first-order chi connectivity index (χ1) is 8.99. The predicted molar refractivity (Wildman–Crippen MR) is 77.2 cm³/mol. The molecule has 2 heterocycles. The Labute approximate surface area is 123 Å². The van der Waals surface area contributed by atoms with E-state index in [9.17, 15) is 5.11 Å². The molecular formula is C13H18Cl2N2O2. The number of anilines is 1. The molecule has 2 atom stereocenters. The van der Waals surface area contributed by atoms with Crippen molar-refractivity contribution >= 4 is 28.9 Å². The number of aliphatic hydroxyl groups is 1. The van der Waals surface area contributed by atoms with Crippen LogP contribution in [0.25, 0.3) is 0 Å². The lowest BCUT2D eigenvalue weighted by atomic mass is 10.1. The van der Waals surface area contributed by atoms with Crippen LogP contribution in [0.15, 0.2) is 6.07 Å². The lowest BCUT2D eigenvalue weighted by Gasteiger charge is -2.27. The largest absolute Gasteiger partial charge is 0.389 e. The van der Waals surface area contributed by atoms with Crippen LogP contribution < -0.4 is 4.90 Å². The molecule has 1 fully saturated rings. The van der Waals surface area contributed by atoms with Crippen molar-refractivity contribution in [3.63, 3.8) is 0 Å². The van der Waals surface area contributed by atoms with Gasteiger partial charge in [-0.3, -0.25) is 0 Å². The lowest BCUT2D eigenvalue weighted by Crippen LogP contribution is -2.37. The minimum Gasteiger partial charge on any atom is -0.389 e. The fourth-order valence-corrected chi connectivity index (χ4v) is 3.12. The highest BCUT2D eigenvalue weighted by Crippen LogP contribution is 2.30. The van der Waals surface area contributed by atoms with Crippen LogP contribution in [0.3, 0.4) is 0 Å². The van der Waals surface area contributed by atoms with Gasteiger partial charge in [-0.1, -0.05) is 23.2 Å². The third-order valence-electron chi connectivity index (χ3n) is 3.35. The SMILES string of the molecule is Cc1cc(Cl)nc(Cl)c1N(C)CC(O)C1CCCO1. The Morgan fingerprint density at radius 1 is 1.58 bits per heavy atom. The van der Waals surface area contributed by atoms with Crippen LogP contribution in [0.4, 0.5) is 5.69 Å². The molecule has 0 amide bonds. The third kappa shape index (κ3) is 3.51. The third-order valence-corrected chi connectivity index (χ3v) is 3.80. The summed E-state index contributed by atoms with van der Waals surface area (Å²) in [6.07, 6.45) is 1.30. The molecular weight excluding hydrogens is 287 g/mol. The molecule has 0 aromatic carbocycles. The van der Waals surface area contributed by atoms with Gasteiger partial charge in [0.2, 0.25) is 0 Å². The molecule has 0 radical (unpaired) electrons. The molecule has 1 aromatic heterocycles. The Balaban J connectivity index is 2.09. The summed E-state index contributed by atoms with van der Waals surface area (Å²) in [5, 5.41) is 10.9. The minimum atomic E-state index is -0.529. The maximum absolute atomic E-state index is 10.2. The number of ether oxygens (including phenoxy) is 1. The van der Waals surface area contributed by atoms with Gasteiger partial charge >= 0.3 is 0 Å². The van der Waals surface area contributed by atoms with Crippen LogP contribution in [-0.2, 0) is 4.74 Å². The molecule has 1 N–H and O–H groups in total. The van der Waals surface area contributed by atoms with Gasteiger partial charge < -0.3 is 14.7 Å². The summed E-state index contributed by atoms with van der Waals surface area (Å²) in [7, 11) is 1.88. The van der Waals surface area contributed by atoms with Gasteiger partial charge in [-0.25, -0.2) is 4.98 Å². The topological polar surface area (TPSA) is 45.6 Å². The Hall–Kier alpha value is -0.550. The molecule has 1 aliphatic rings. The standard InChI is InChI=1S/C13H18Cl2N2O2/c1-8-6-11(14)16-13(15)12(8)17(2)7-9(18)10-4-3-5-19-10/h6,9-10,18H,3-5,7H2,1-2H3. The minimum absolute atomic E-state index is 0.0817. The van der Waals surface area contributed by atoms with E-state index in [1.54, 1.807) is 6.07 Å². The van der Waals surface area contributed by atoms with Crippen molar-refractivity contribution in [1.82, 2.24) is 4.98 Å². The van der Waals surface area contributed by atoms with Crippen LogP contribution in [0, 0.1) is 6.92 Å². The highest BCUT2D eigenvalue weighted by atomic mass is 35.5. The number of aryl methyl sites for hydroxylation is 1. The molecule has 6 heteroatoms. The molecule has 1 saturated heterocycles. The molecule has 0 spiro atoms. The van der Waals surface area contributed by atoms with Crippen molar-refractivity contribution in [2.45, 2.75) is 32.0 Å². The van der Waals surface area contributed by atoms with Gasteiger partial charge in [0.05, 0.1) is 17.9 Å². The van der Waals surface area contributed by atoms with Gasteiger partial charge in [0.15, 0.2) is 5.15 Å². The fourth-order valence-electron chi connectivity index (χ4n) is 2.44. The Morgan fingerprint density at radius 2 is 2.32 bits per heavy atom. The van der Waals surface area contributed by atoms with Crippen molar-refractivity contribution in [2.75, 3.05) is 25.1 Å². The fraction of sp³-hybridized carbons (Fsp3) is 0.615. The first-order valence-electron chi connectivity index (χ1n) is 6.32.